The van der Waals surface area contributed by atoms with Crippen LogP contribution < -0.4 is 16.0 Å². The number of benzene rings is 1. The Labute approximate surface area is 179 Å². The number of hydrogen-bond donors (Lipinski definition) is 3. The molecule has 0 spiro atoms. The molecule has 1 heterocycles. The Morgan fingerprint density at radius 3 is 2.52 bits per heavy atom. The molecule has 2 aromatic rings. The van der Waals surface area contributed by atoms with Crippen LogP contribution in [-0.2, 0) is 0 Å². The van der Waals surface area contributed by atoms with Crippen LogP contribution in [0.25, 0.3) is 0 Å². The van der Waals surface area contributed by atoms with Crippen LogP contribution in [0, 0.1) is 23.1 Å². The number of aliphatic imine (C=N–C) groups is 1. The number of carbonyl (C=O) groups excluding carboxylic acids is 1. The Balaban J connectivity index is 1.98. The molecule has 152 valence electrons. The van der Waals surface area contributed by atoms with Crippen molar-refractivity contribution in [1.29, 1.82) is 5.26 Å². The molecule has 0 bridgehead atoms. The van der Waals surface area contributed by atoms with Gasteiger partial charge in [0.25, 0.3) is 5.91 Å². The number of nitrogens with zero attached hydrogens (tertiary/aromatic N) is 3. The summed E-state index contributed by atoms with van der Waals surface area (Å²) in [6.45, 7) is -0.509. The second-order valence-corrected chi connectivity index (χ2v) is 7.62. The summed E-state index contributed by atoms with van der Waals surface area (Å²) in [5, 5.41) is 16.6. The molecule has 0 radical (unpaired) electrons. The number of hydrogen-bond acceptors (Lipinski definition) is 4. The number of amides is 1. The van der Waals surface area contributed by atoms with E-state index in [1.165, 1.54) is 12.3 Å². The number of nitriles is 1. The van der Waals surface area contributed by atoms with E-state index in [1.54, 1.807) is 12.3 Å². The van der Waals surface area contributed by atoms with Gasteiger partial charge in [-0.25, -0.2) is 18.8 Å². The average molecular weight is 462 g/mol. The molecule has 0 fully saturated rings. The lowest BCUT2D eigenvalue weighted by Crippen LogP contribution is -2.38. The zero-order chi connectivity index (χ0) is 21.4. The van der Waals surface area contributed by atoms with Crippen LogP contribution in [0.2, 0.25) is 5.15 Å². The van der Waals surface area contributed by atoms with Crippen LogP contribution >= 0.6 is 34.8 Å². The maximum Gasteiger partial charge on any atom is 0.251 e. The fraction of sp³-hybridized carbons (Fsp3) is 0.176. The van der Waals surface area contributed by atoms with E-state index in [0.717, 1.165) is 12.1 Å². The Bertz CT molecular complexity index is 927. The van der Waals surface area contributed by atoms with Gasteiger partial charge in [-0.2, -0.15) is 5.26 Å². The number of carbonyl (C=O) groups is 1. The van der Waals surface area contributed by atoms with E-state index in [9.17, 15) is 13.6 Å². The molecule has 0 saturated heterocycles. The third kappa shape index (κ3) is 7.69. The van der Waals surface area contributed by atoms with Crippen LogP contribution in [0.3, 0.4) is 0 Å². The first-order chi connectivity index (χ1) is 13.7. The lowest BCUT2D eigenvalue weighted by atomic mass is 10.2. The molecule has 0 aliphatic rings. The van der Waals surface area contributed by atoms with Crippen molar-refractivity contribution in [1.82, 2.24) is 15.6 Å². The fourth-order valence-corrected chi connectivity index (χ4v) is 2.36. The zero-order valence-corrected chi connectivity index (χ0v) is 16.8. The minimum atomic E-state index is -1.57. The van der Waals surface area contributed by atoms with Gasteiger partial charge in [-0.1, -0.05) is 34.8 Å². The second-order valence-electron chi connectivity index (χ2n) is 5.59. The number of guanidine groups is 1. The first-order valence-electron chi connectivity index (χ1n) is 7.89. The van der Waals surface area contributed by atoms with Gasteiger partial charge < -0.3 is 10.6 Å². The lowest BCUT2D eigenvalue weighted by molar-refractivity contribution is 0.0951. The SMILES string of the molecule is N#CNC(=NCC(Cl)(Cl)CNC(=O)c1cc(F)cc(F)c1)Nc1ccc(Cl)nc1. The van der Waals surface area contributed by atoms with Crippen molar-refractivity contribution < 1.29 is 13.6 Å². The highest BCUT2D eigenvalue weighted by Gasteiger charge is 2.25. The maximum absolute atomic E-state index is 13.2. The molecule has 1 amide bonds. The summed E-state index contributed by atoms with van der Waals surface area (Å²) in [7, 11) is 0. The second kappa shape index (κ2) is 10.2. The van der Waals surface area contributed by atoms with Crippen LogP contribution in [0.4, 0.5) is 14.5 Å². The topological polar surface area (TPSA) is 102 Å². The van der Waals surface area contributed by atoms with E-state index in [4.69, 9.17) is 40.1 Å². The van der Waals surface area contributed by atoms with Crippen LogP contribution in [0.1, 0.15) is 10.4 Å². The summed E-state index contributed by atoms with van der Waals surface area (Å²) in [4.78, 5) is 20.0. The summed E-state index contributed by atoms with van der Waals surface area (Å²) in [6, 6.07) is 5.54. The average Bonchev–Trinajstić information content (AvgIpc) is 2.65. The Hall–Kier alpha value is -2.67. The highest BCUT2D eigenvalue weighted by atomic mass is 35.5. The molecule has 1 aromatic heterocycles. The predicted octanol–water partition coefficient (Wildman–Crippen LogP) is 3.46. The number of aromatic nitrogens is 1. The summed E-state index contributed by atoms with van der Waals surface area (Å²) in [5.74, 6) is -2.52. The summed E-state index contributed by atoms with van der Waals surface area (Å²) in [5.41, 5.74) is 0.269. The van der Waals surface area contributed by atoms with Crippen LogP contribution in [0.15, 0.2) is 41.5 Å². The maximum atomic E-state index is 13.2. The van der Waals surface area contributed by atoms with Gasteiger partial charge >= 0.3 is 0 Å². The molecular formula is C17H13Cl3F2N6O. The van der Waals surface area contributed by atoms with Crippen molar-refractivity contribution in [3.8, 4) is 6.19 Å². The minimum Gasteiger partial charge on any atom is -0.349 e. The lowest BCUT2D eigenvalue weighted by Gasteiger charge is -2.18. The number of rotatable bonds is 6. The number of anilines is 1. The summed E-state index contributed by atoms with van der Waals surface area (Å²) >= 11 is 18.0. The van der Waals surface area contributed by atoms with Gasteiger partial charge in [0.05, 0.1) is 25.0 Å². The van der Waals surface area contributed by atoms with Gasteiger partial charge in [-0.05, 0) is 24.3 Å². The molecule has 0 aliphatic carbocycles. The largest absolute Gasteiger partial charge is 0.349 e. The molecule has 2 rings (SSSR count). The number of halogens is 5. The zero-order valence-electron chi connectivity index (χ0n) is 14.5. The summed E-state index contributed by atoms with van der Waals surface area (Å²) in [6.07, 6.45) is 3.12. The predicted molar refractivity (Wildman–Crippen MR) is 107 cm³/mol. The van der Waals surface area contributed by atoms with Gasteiger partial charge in [0.2, 0.25) is 5.96 Å². The number of alkyl halides is 2. The van der Waals surface area contributed by atoms with Crippen LogP contribution in [-0.4, -0.2) is 34.3 Å². The molecule has 7 nitrogen and oxygen atoms in total. The molecular weight excluding hydrogens is 449 g/mol. The summed E-state index contributed by atoms with van der Waals surface area (Å²) < 4.78 is 24.8. The molecule has 29 heavy (non-hydrogen) atoms. The van der Waals surface area contributed by atoms with E-state index in [0.29, 0.717) is 11.8 Å². The molecule has 0 atom stereocenters. The van der Waals surface area contributed by atoms with Gasteiger partial charge in [-0.3, -0.25) is 10.1 Å². The number of pyridine rings is 1. The monoisotopic (exact) mass is 460 g/mol. The van der Waals surface area contributed by atoms with E-state index in [-0.39, 0.29) is 29.8 Å². The quantitative estimate of drug-likeness (QED) is 0.153. The molecule has 3 N–H and O–H groups in total. The van der Waals surface area contributed by atoms with E-state index >= 15 is 0 Å². The standard InChI is InChI=1S/C17H13Cl3F2N6O/c18-14-2-1-13(6-24-14)28-16(27-9-23)26-8-17(19,20)7-25-15(29)10-3-11(21)5-12(22)4-10/h1-6H,7-8H2,(H,25,29)(H2,26,27,28). The molecule has 0 aliphatic heterocycles. The Morgan fingerprint density at radius 2 is 1.93 bits per heavy atom. The Kier molecular flexibility index (Phi) is 7.96. The molecule has 12 heteroatoms. The van der Waals surface area contributed by atoms with Crippen molar-refractivity contribution in [2.24, 2.45) is 4.99 Å². The first-order valence-corrected chi connectivity index (χ1v) is 9.02. The Morgan fingerprint density at radius 1 is 1.24 bits per heavy atom. The van der Waals surface area contributed by atoms with Crippen molar-refractivity contribution >= 4 is 52.4 Å². The smallest absolute Gasteiger partial charge is 0.251 e. The van der Waals surface area contributed by atoms with Crippen LogP contribution in [0.5, 0.6) is 0 Å². The van der Waals surface area contributed by atoms with E-state index < -0.39 is 21.9 Å². The van der Waals surface area contributed by atoms with Gasteiger partial charge in [0.15, 0.2) is 10.5 Å². The molecule has 0 unspecified atom stereocenters. The normalized spacial score (nSPS) is 11.5. The van der Waals surface area contributed by atoms with E-state index in [2.05, 4.69) is 25.9 Å². The third-order valence-electron chi connectivity index (χ3n) is 3.27. The molecule has 0 saturated carbocycles. The van der Waals surface area contributed by atoms with Gasteiger partial charge in [0.1, 0.15) is 16.8 Å². The number of nitrogens with one attached hydrogen (secondary N) is 3. The third-order valence-corrected chi connectivity index (χ3v) is 4.00. The van der Waals surface area contributed by atoms with Crippen molar-refractivity contribution in [2.45, 2.75) is 4.33 Å². The van der Waals surface area contributed by atoms with Crippen molar-refractivity contribution in [2.75, 3.05) is 18.4 Å². The van der Waals surface area contributed by atoms with Crippen molar-refractivity contribution in [3.63, 3.8) is 0 Å². The van der Waals surface area contributed by atoms with Crippen molar-refractivity contribution in [3.05, 3.63) is 58.9 Å². The highest BCUT2D eigenvalue weighted by Crippen LogP contribution is 2.21. The van der Waals surface area contributed by atoms with Gasteiger partial charge in [0, 0.05) is 11.6 Å². The first kappa shape index (κ1) is 22.6. The van der Waals surface area contributed by atoms with Gasteiger partial charge in [-0.15, -0.1) is 0 Å². The highest BCUT2D eigenvalue weighted by molar-refractivity contribution is 6.49. The minimum absolute atomic E-state index is 0.0285. The van der Waals surface area contributed by atoms with E-state index in [1.807, 2.05) is 0 Å². The fourth-order valence-electron chi connectivity index (χ4n) is 2.00. The molecule has 1 aromatic carbocycles.